The minimum absolute atomic E-state index is 0.152. The summed E-state index contributed by atoms with van der Waals surface area (Å²) >= 11 is 5.93. The summed E-state index contributed by atoms with van der Waals surface area (Å²) in [5.74, 6) is 0. The minimum Gasteiger partial charge on any atom is -0.388 e. The Kier molecular flexibility index (Phi) is 5.59. The molecule has 0 aromatic carbocycles. The van der Waals surface area contributed by atoms with Crippen molar-refractivity contribution >= 4 is 21.6 Å². The van der Waals surface area contributed by atoms with Crippen molar-refractivity contribution in [3.05, 3.63) is 29.0 Å². The first-order valence-electron chi connectivity index (χ1n) is 7.95. The number of nitrogens with one attached hydrogen (secondary N) is 1. The molecule has 8 heteroatoms. The maximum absolute atomic E-state index is 13.5. The second kappa shape index (κ2) is 6.86. The quantitative estimate of drug-likeness (QED) is 0.789. The Bertz CT molecular complexity index is 683. The van der Waals surface area contributed by atoms with Crippen LogP contribution in [0.25, 0.3) is 0 Å². The first kappa shape index (κ1) is 19.6. The van der Waals surface area contributed by atoms with Crippen LogP contribution in [0.3, 0.4) is 0 Å². The van der Waals surface area contributed by atoms with E-state index in [0.29, 0.717) is 5.69 Å². The molecule has 1 aliphatic rings. The van der Waals surface area contributed by atoms with E-state index in [4.69, 9.17) is 11.6 Å². The standard InChI is InChI=1S/C16H24ClFN2O3S/c1-15(2,3)24(22,23)20-14(12-5-4-6-13(17)19-12)16(21)9-7-11(18)8-10-16/h4-6,11,14,20-21H,7-10H2,1-3H3/t11-,14?,16+. The lowest BCUT2D eigenvalue weighted by atomic mass is 9.78. The summed E-state index contributed by atoms with van der Waals surface area (Å²) in [5.41, 5.74) is -1.08. The van der Waals surface area contributed by atoms with E-state index in [9.17, 15) is 17.9 Å². The molecule has 1 aromatic rings. The Morgan fingerprint density at radius 3 is 2.46 bits per heavy atom. The fraction of sp³-hybridized carbons (Fsp3) is 0.688. The van der Waals surface area contributed by atoms with Gasteiger partial charge in [0.1, 0.15) is 11.3 Å². The Balaban J connectivity index is 2.43. The van der Waals surface area contributed by atoms with Gasteiger partial charge in [-0.25, -0.2) is 22.5 Å². The van der Waals surface area contributed by atoms with Crippen LogP contribution in [0.1, 0.15) is 58.2 Å². The molecule has 0 aliphatic heterocycles. The van der Waals surface area contributed by atoms with Gasteiger partial charge in [-0.05, 0) is 58.6 Å². The van der Waals surface area contributed by atoms with Gasteiger partial charge in [-0.2, -0.15) is 0 Å². The Labute approximate surface area is 147 Å². The van der Waals surface area contributed by atoms with E-state index >= 15 is 0 Å². The van der Waals surface area contributed by atoms with Gasteiger partial charge in [-0.1, -0.05) is 17.7 Å². The zero-order valence-corrected chi connectivity index (χ0v) is 15.7. The number of pyridine rings is 1. The summed E-state index contributed by atoms with van der Waals surface area (Å²) < 4.78 is 40.2. The van der Waals surface area contributed by atoms with Crippen molar-refractivity contribution in [1.82, 2.24) is 9.71 Å². The fourth-order valence-corrected chi connectivity index (χ4v) is 3.91. The lowest BCUT2D eigenvalue weighted by Gasteiger charge is -2.40. The van der Waals surface area contributed by atoms with Crippen molar-refractivity contribution in [2.45, 2.75) is 69.0 Å². The molecule has 0 saturated heterocycles. The Morgan fingerprint density at radius 1 is 1.38 bits per heavy atom. The highest BCUT2D eigenvalue weighted by Crippen LogP contribution is 2.40. The van der Waals surface area contributed by atoms with Gasteiger partial charge in [0.2, 0.25) is 10.0 Å². The SMILES string of the molecule is CC(C)(C)S(=O)(=O)NC(c1cccc(Cl)n1)[C@]1(O)CC[C@@H](F)CC1. The number of alkyl halides is 1. The van der Waals surface area contributed by atoms with Gasteiger partial charge in [0.05, 0.1) is 22.1 Å². The highest BCUT2D eigenvalue weighted by atomic mass is 35.5. The van der Waals surface area contributed by atoms with Crippen LogP contribution in [0, 0.1) is 0 Å². The molecule has 24 heavy (non-hydrogen) atoms. The zero-order chi connectivity index (χ0) is 18.2. The second-order valence-corrected chi connectivity index (χ2v) is 10.2. The average molecular weight is 379 g/mol. The van der Waals surface area contributed by atoms with Gasteiger partial charge in [0, 0.05) is 0 Å². The van der Waals surface area contributed by atoms with Crippen LogP contribution in [-0.4, -0.2) is 35.0 Å². The topological polar surface area (TPSA) is 79.3 Å². The molecule has 0 bridgehead atoms. The van der Waals surface area contributed by atoms with Crippen molar-refractivity contribution in [2.75, 3.05) is 0 Å². The smallest absolute Gasteiger partial charge is 0.217 e. The number of aromatic nitrogens is 1. The van der Waals surface area contributed by atoms with Crippen LogP contribution in [0.2, 0.25) is 5.15 Å². The third kappa shape index (κ3) is 4.25. The number of nitrogens with zero attached hydrogens (tertiary/aromatic N) is 1. The van der Waals surface area contributed by atoms with E-state index in [1.807, 2.05) is 0 Å². The van der Waals surface area contributed by atoms with Crippen molar-refractivity contribution < 1.29 is 17.9 Å². The van der Waals surface area contributed by atoms with Crippen molar-refractivity contribution in [2.24, 2.45) is 0 Å². The van der Waals surface area contributed by atoms with Gasteiger partial charge in [0.25, 0.3) is 0 Å². The first-order valence-corrected chi connectivity index (χ1v) is 9.81. The van der Waals surface area contributed by atoms with E-state index in [-0.39, 0.29) is 30.8 Å². The van der Waals surface area contributed by atoms with Crippen LogP contribution in [0.5, 0.6) is 0 Å². The Hall–Kier alpha value is -0.760. The summed E-state index contributed by atoms with van der Waals surface area (Å²) in [7, 11) is -3.75. The lowest BCUT2D eigenvalue weighted by molar-refractivity contribution is -0.0418. The molecule has 1 fully saturated rings. The predicted molar refractivity (Wildman–Crippen MR) is 92.1 cm³/mol. The molecule has 0 spiro atoms. The number of hydrogen-bond acceptors (Lipinski definition) is 4. The van der Waals surface area contributed by atoms with Crippen LogP contribution < -0.4 is 4.72 Å². The molecular formula is C16H24ClFN2O3S. The van der Waals surface area contributed by atoms with Gasteiger partial charge < -0.3 is 5.11 Å². The third-order valence-electron chi connectivity index (χ3n) is 4.43. The second-order valence-electron chi connectivity index (χ2n) is 7.33. The van der Waals surface area contributed by atoms with Crippen molar-refractivity contribution in [3.63, 3.8) is 0 Å². The number of aliphatic hydroxyl groups is 1. The fourth-order valence-electron chi connectivity index (χ4n) is 2.73. The average Bonchev–Trinajstić information content (AvgIpc) is 2.47. The van der Waals surface area contributed by atoms with E-state index in [1.165, 1.54) is 0 Å². The normalized spacial score (nSPS) is 27.0. The van der Waals surface area contributed by atoms with Crippen LogP contribution in [0.15, 0.2) is 18.2 Å². The molecular weight excluding hydrogens is 355 g/mol. The predicted octanol–water partition coefficient (Wildman–Crippen LogP) is 3.14. The van der Waals surface area contributed by atoms with Crippen LogP contribution >= 0.6 is 11.6 Å². The van der Waals surface area contributed by atoms with Gasteiger partial charge in [-0.3, -0.25) is 0 Å². The highest BCUT2D eigenvalue weighted by Gasteiger charge is 2.45. The van der Waals surface area contributed by atoms with Crippen LogP contribution in [-0.2, 0) is 10.0 Å². The molecule has 5 nitrogen and oxygen atoms in total. The summed E-state index contributed by atoms with van der Waals surface area (Å²) in [6.45, 7) is 4.71. The van der Waals surface area contributed by atoms with Gasteiger partial charge in [-0.15, -0.1) is 0 Å². The number of halogens is 2. The summed E-state index contributed by atoms with van der Waals surface area (Å²) in [5, 5.41) is 11.2. The third-order valence-corrected chi connectivity index (χ3v) is 6.80. The molecule has 2 N–H and O–H groups in total. The molecule has 1 unspecified atom stereocenters. The molecule has 136 valence electrons. The first-order chi connectivity index (χ1) is 10.9. The van der Waals surface area contributed by atoms with Crippen molar-refractivity contribution in [1.29, 1.82) is 0 Å². The Morgan fingerprint density at radius 2 is 1.96 bits per heavy atom. The number of rotatable bonds is 4. The molecule has 1 saturated carbocycles. The molecule has 1 aliphatic carbocycles. The van der Waals surface area contributed by atoms with E-state index in [1.54, 1.807) is 39.0 Å². The molecule has 1 atom stereocenters. The monoisotopic (exact) mass is 378 g/mol. The lowest BCUT2D eigenvalue weighted by Crippen LogP contribution is -2.52. The van der Waals surface area contributed by atoms with Crippen molar-refractivity contribution in [3.8, 4) is 0 Å². The molecule has 1 heterocycles. The molecule has 2 rings (SSSR count). The summed E-state index contributed by atoms with van der Waals surface area (Å²) in [6.07, 6.45) is -0.299. The van der Waals surface area contributed by atoms with Gasteiger partial charge >= 0.3 is 0 Å². The highest BCUT2D eigenvalue weighted by molar-refractivity contribution is 7.90. The minimum atomic E-state index is -3.75. The molecule has 0 radical (unpaired) electrons. The number of hydrogen-bond donors (Lipinski definition) is 2. The van der Waals surface area contributed by atoms with Crippen LogP contribution in [0.4, 0.5) is 4.39 Å². The largest absolute Gasteiger partial charge is 0.388 e. The molecule has 0 amide bonds. The van der Waals surface area contributed by atoms with E-state index < -0.39 is 32.6 Å². The zero-order valence-electron chi connectivity index (χ0n) is 14.1. The van der Waals surface area contributed by atoms with E-state index in [2.05, 4.69) is 9.71 Å². The molecule has 1 aromatic heterocycles. The van der Waals surface area contributed by atoms with E-state index in [0.717, 1.165) is 0 Å². The maximum Gasteiger partial charge on any atom is 0.217 e. The van der Waals surface area contributed by atoms with Gasteiger partial charge in [0.15, 0.2) is 0 Å². The summed E-state index contributed by atoms with van der Waals surface area (Å²) in [6, 6.07) is 3.85. The maximum atomic E-state index is 13.5. The summed E-state index contributed by atoms with van der Waals surface area (Å²) in [4.78, 5) is 4.16. The number of sulfonamides is 1.